The van der Waals surface area contributed by atoms with Crippen LogP contribution in [0.2, 0.25) is 0 Å². The normalized spacial score (nSPS) is 55.0. The van der Waals surface area contributed by atoms with Crippen LogP contribution < -0.4 is 0 Å². The first kappa shape index (κ1) is 18.1. The highest BCUT2D eigenvalue weighted by Gasteiger charge is 2.67. The molecule has 0 spiro atoms. The fourth-order valence-electron chi connectivity index (χ4n) is 9.15. The Morgan fingerprint density at radius 3 is 2.24 bits per heavy atom. The summed E-state index contributed by atoms with van der Waals surface area (Å²) in [6.45, 7) is 15.0. The Labute approximate surface area is 155 Å². The van der Waals surface area contributed by atoms with Gasteiger partial charge in [-0.3, -0.25) is 4.79 Å². The first-order chi connectivity index (χ1) is 11.6. The van der Waals surface area contributed by atoms with E-state index in [4.69, 9.17) is 0 Å². The molecule has 0 aromatic heterocycles. The molecule has 0 aliphatic heterocycles. The van der Waals surface area contributed by atoms with Crippen molar-refractivity contribution in [2.75, 3.05) is 0 Å². The molecular formula is C24H40O. The Balaban J connectivity index is 1.76. The first-order valence-corrected chi connectivity index (χ1v) is 11.1. The summed E-state index contributed by atoms with van der Waals surface area (Å²) in [6, 6.07) is 0. The molecular weight excluding hydrogens is 304 g/mol. The number of Topliss-reactive ketones (excluding diaryl/α,β-unsaturated/α-hetero) is 1. The van der Waals surface area contributed by atoms with E-state index in [9.17, 15) is 4.79 Å². The predicted octanol–water partition coefficient (Wildman–Crippen LogP) is 6.65. The van der Waals surface area contributed by atoms with E-state index in [0.717, 1.165) is 30.6 Å². The van der Waals surface area contributed by atoms with Gasteiger partial charge in [0.1, 0.15) is 5.78 Å². The van der Waals surface area contributed by atoms with Gasteiger partial charge in [-0.15, -0.1) is 0 Å². The van der Waals surface area contributed by atoms with E-state index < -0.39 is 0 Å². The van der Waals surface area contributed by atoms with E-state index in [1.807, 2.05) is 0 Å². The maximum atomic E-state index is 12.7. The lowest BCUT2D eigenvalue weighted by Crippen LogP contribution is -2.64. The van der Waals surface area contributed by atoms with Gasteiger partial charge >= 0.3 is 0 Å². The molecule has 0 saturated heterocycles. The van der Waals surface area contributed by atoms with Crippen LogP contribution in [0.25, 0.3) is 0 Å². The highest BCUT2D eigenvalue weighted by atomic mass is 16.1. The summed E-state index contributed by atoms with van der Waals surface area (Å²) in [5, 5.41) is 0. The molecule has 1 unspecified atom stereocenters. The molecule has 25 heavy (non-hydrogen) atoms. The standard InChI is InChI=1S/C24H40O/c1-16-8-7-13-23(5)17(16)9-10-19-22(4)14-12-20(25)21(2,3)18(22)11-15-24(19,23)6/h16-19H,7-15H2,1-6H3/t16?,17-,18+,19-,22+,23-,24-/m1/s1. The molecule has 1 heteroatoms. The van der Waals surface area contributed by atoms with Gasteiger partial charge < -0.3 is 0 Å². The number of carbonyl (C=O) groups is 1. The van der Waals surface area contributed by atoms with E-state index in [-0.39, 0.29) is 5.41 Å². The van der Waals surface area contributed by atoms with Crippen molar-refractivity contribution in [1.82, 2.24) is 0 Å². The van der Waals surface area contributed by atoms with Gasteiger partial charge in [-0.05, 0) is 78.4 Å². The Bertz CT molecular complexity index is 577. The highest BCUT2D eigenvalue weighted by molar-refractivity contribution is 5.85. The van der Waals surface area contributed by atoms with Crippen LogP contribution in [-0.4, -0.2) is 5.78 Å². The van der Waals surface area contributed by atoms with Crippen molar-refractivity contribution in [3.8, 4) is 0 Å². The van der Waals surface area contributed by atoms with Crippen LogP contribution in [0.5, 0.6) is 0 Å². The summed E-state index contributed by atoms with van der Waals surface area (Å²) in [6.07, 6.45) is 11.8. The van der Waals surface area contributed by atoms with Crippen molar-refractivity contribution in [2.45, 2.75) is 99.3 Å². The third-order valence-electron chi connectivity index (χ3n) is 10.7. The zero-order valence-electron chi connectivity index (χ0n) is 17.6. The molecule has 0 amide bonds. The summed E-state index contributed by atoms with van der Waals surface area (Å²) in [7, 11) is 0. The molecule has 4 rings (SSSR count). The molecule has 0 aromatic carbocycles. The zero-order chi connectivity index (χ0) is 18.3. The fraction of sp³-hybridized carbons (Fsp3) is 0.958. The van der Waals surface area contributed by atoms with Crippen LogP contribution in [0, 0.1) is 45.3 Å². The molecule has 142 valence electrons. The lowest BCUT2D eigenvalue weighted by Gasteiger charge is -2.71. The fourth-order valence-corrected chi connectivity index (χ4v) is 9.15. The van der Waals surface area contributed by atoms with Crippen LogP contribution >= 0.6 is 0 Å². The second-order valence-corrected chi connectivity index (χ2v) is 11.7. The molecule has 0 radical (unpaired) electrons. The molecule has 0 heterocycles. The first-order valence-electron chi connectivity index (χ1n) is 11.1. The Morgan fingerprint density at radius 2 is 1.52 bits per heavy atom. The minimum Gasteiger partial charge on any atom is -0.299 e. The average Bonchev–Trinajstić information content (AvgIpc) is 2.52. The van der Waals surface area contributed by atoms with Crippen molar-refractivity contribution in [2.24, 2.45) is 45.3 Å². The van der Waals surface area contributed by atoms with Gasteiger partial charge in [-0.2, -0.15) is 0 Å². The van der Waals surface area contributed by atoms with Crippen LogP contribution in [0.15, 0.2) is 0 Å². The summed E-state index contributed by atoms with van der Waals surface area (Å²) in [5.41, 5.74) is 1.27. The third kappa shape index (κ3) is 2.10. The maximum absolute atomic E-state index is 12.7. The van der Waals surface area contributed by atoms with Crippen LogP contribution in [-0.2, 0) is 4.79 Å². The summed E-state index contributed by atoms with van der Waals surface area (Å²) >= 11 is 0. The number of hydrogen-bond acceptors (Lipinski definition) is 1. The number of rotatable bonds is 0. The minimum absolute atomic E-state index is 0.105. The van der Waals surface area contributed by atoms with Crippen LogP contribution in [0.4, 0.5) is 0 Å². The molecule has 4 aliphatic carbocycles. The Morgan fingerprint density at radius 1 is 0.800 bits per heavy atom. The van der Waals surface area contributed by atoms with Gasteiger partial charge in [0.25, 0.3) is 0 Å². The lowest BCUT2D eigenvalue weighted by molar-refractivity contribution is -0.219. The molecule has 0 aromatic rings. The summed E-state index contributed by atoms with van der Waals surface area (Å²) < 4.78 is 0. The quantitative estimate of drug-likeness (QED) is 0.481. The molecule has 4 aliphatic rings. The van der Waals surface area contributed by atoms with E-state index in [1.165, 1.54) is 44.9 Å². The summed E-state index contributed by atoms with van der Waals surface area (Å²) in [4.78, 5) is 12.7. The number of ketones is 1. The number of fused-ring (bicyclic) bond motifs is 5. The van der Waals surface area contributed by atoms with Crippen molar-refractivity contribution >= 4 is 5.78 Å². The van der Waals surface area contributed by atoms with E-state index >= 15 is 0 Å². The third-order valence-corrected chi connectivity index (χ3v) is 10.7. The van der Waals surface area contributed by atoms with E-state index in [2.05, 4.69) is 41.5 Å². The van der Waals surface area contributed by atoms with Crippen molar-refractivity contribution in [3.63, 3.8) is 0 Å². The van der Waals surface area contributed by atoms with Gasteiger partial charge in [0.2, 0.25) is 0 Å². The molecule has 1 nitrogen and oxygen atoms in total. The van der Waals surface area contributed by atoms with Crippen molar-refractivity contribution < 1.29 is 4.79 Å². The predicted molar refractivity (Wildman–Crippen MR) is 104 cm³/mol. The topological polar surface area (TPSA) is 17.1 Å². The van der Waals surface area contributed by atoms with Crippen molar-refractivity contribution in [1.29, 1.82) is 0 Å². The van der Waals surface area contributed by atoms with E-state index in [0.29, 0.717) is 27.9 Å². The molecule has 0 bridgehead atoms. The van der Waals surface area contributed by atoms with Gasteiger partial charge in [-0.25, -0.2) is 0 Å². The number of hydrogen-bond donors (Lipinski definition) is 0. The highest BCUT2D eigenvalue weighted by Crippen LogP contribution is 2.73. The SMILES string of the molecule is CC1CCC[C@]2(C)[C@@H]1CC[C@@H]1[C@@]3(C)CCC(=O)C(C)(C)[C@@H]3CC[C@]12C. The minimum atomic E-state index is -0.105. The van der Waals surface area contributed by atoms with Crippen LogP contribution in [0.3, 0.4) is 0 Å². The van der Waals surface area contributed by atoms with Crippen molar-refractivity contribution in [3.05, 3.63) is 0 Å². The molecule has 4 saturated carbocycles. The Kier molecular flexibility index (Phi) is 3.87. The molecule has 7 atom stereocenters. The largest absolute Gasteiger partial charge is 0.299 e. The van der Waals surface area contributed by atoms with Gasteiger partial charge in [0, 0.05) is 11.8 Å². The van der Waals surface area contributed by atoms with Gasteiger partial charge in [0.05, 0.1) is 0 Å². The second-order valence-electron chi connectivity index (χ2n) is 11.7. The monoisotopic (exact) mass is 344 g/mol. The van der Waals surface area contributed by atoms with Gasteiger partial charge in [0.15, 0.2) is 0 Å². The molecule has 0 N–H and O–H groups in total. The maximum Gasteiger partial charge on any atom is 0.138 e. The van der Waals surface area contributed by atoms with Crippen LogP contribution in [0.1, 0.15) is 99.3 Å². The summed E-state index contributed by atoms with van der Waals surface area (Å²) in [5.74, 6) is 3.79. The smallest absolute Gasteiger partial charge is 0.138 e. The Hall–Kier alpha value is -0.330. The lowest BCUT2D eigenvalue weighted by atomic mass is 9.34. The zero-order valence-corrected chi connectivity index (χ0v) is 17.6. The number of carbonyl (C=O) groups excluding carboxylic acids is 1. The van der Waals surface area contributed by atoms with E-state index in [1.54, 1.807) is 0 Å². The second kappa shape index (κ2) is 5.35. The van der Waals surface area contributed by atoms with Gasteiger partial charge in [-0.1, -0.05) is 54.4 Å². The molecule has 4 fully saturated rings. The average molecular weight is 345 g/mol.